The molecule has 1 aliphatic carbocycles. The number of nitriles is 2. The summed E-state index contributed by atoms with van der Waals surface area (Å²) in [5.41, 5.74) is 5.46. The van der Waals surface area contributed by atoms with Crippen LogP contribution in [0.3, 0.4) is 0 Å². The molecule has 0 spiro atoms. The van der Waals surface area contributed by atoms with Crippen molar-refractivity contribution < 1.29 is 58.4 Å². The maximum atomic E-state index is 13.2. The van der Waals surface area contributed by atoms with E-state index in [1.54, 1.807) is 30.6 Å². The van der Waals surface area contributed by atoms with Gasteiger partial charge in [-0.05, 0) is 109 Å². The second-order valence-electron chi connectivity index (χ2n) is 23.5. The Bertz CT molecular complexity index is 3670. The number of aromatic amines is 2. The Morgan fingerprint density at radius 1 is 0.674 bits per heavy atom. The van der Waals surface area contributed by atoms with Gasteiger partial charge in [-0.3, -0.25) is 24.0 Å². The van der Waals surface area contributed by atoms with E-state index in [0.717, 1.165) is 22.3 Å². The monoisotopic (exact) mass is 1180 g/mol. The summed E-state index contributed by atoms with van der Waals surface area (Å²) in [5.74, 6) is -4.05. The summed E-state index contributed by atoms with van der Waals surface area (Å²) in [5, 5.41) is 44.7. The minimum absolute atomic E-state index is 0.0507. The number of carboxylic acids is 1. The largest absolute Gasteiger partial charge is 0.481 e. The third-order valence-electron chi connectivity index (χ3n) is 14.5. The number of rotatable bonds is 18. The Labute approximate surface area is 504 Å². The molecule has 6 heterocycles. The van der Waals surface area contributed by atoms with E-state index in [0.29, 0.717) is 46.4 Å². The van der Waals surface area contributed by atoms with Gasteiger partial charge in [-0.15, -0.1) is 0 Å². The number of fused-ring (bicyclic) bond motifs is 5. The molecule has 6 aromatic rings. The summed E-state index contributed by atoms with van der Waals surface area (Å²) in [7, 11) is 2.98. The van der Waals surface area contributed by atoms with Gasteiger partial charge in [0.15, 0.2) is 0 Å². The van der Waals surface area contributed by atoms with Crippen molar-refractivity contribution in [3.05, 3.63) is 108 Å². The number of nitrogens with zero attached hydrogens (tertiary/aromatic N) is 4. The number of H-pyrrole nitrogens is 2. The van der Waals surface area contributed by atoms with E-state index < -0.39 is 90.6 Å². The van der Waals surface area contributed by atoms with Gasteiger partial charge in [-0.25, -0.2) is 19.6 Å². The number of benzene rings is 2. The van der Waals surface area contributed by atoms with Gasteiger partial charge in [0.1, 0.15) is 42.2 Å². The SMILES string of the molecule is COc1nccc2[nH]c(C(=O)O)cc12.[2H]C1([2H])CC[C@@H](C[C@@H](C#N)NC(=O)[C@H](CC(C)(C)C)NC(=O)OCC2c3ccccc3-c3ccccc32)C(=O)N1.[2H]C1([2H])CC[C@@H](C[C@@H](C#N)NC(=O)[C@H](CC(C)(C)C)NC(=O)c2cc3c(OC)nccc3[nH]2)C(=O)N1. The van der Waals surface area contributed by atoms with Gasteiger partial charge in [-0.1, -0.05) is 90.1 Å². The summed E-state index contributed by atoms with van der Waals surface area (Å²) in [4.78, 5) is 101. The first-order valence-corrected chi connectivity index (χ1v) is 28.1. The van der Waals surface area contributed by atoms with Gasteiger partial charge in [0.2, 0.25) is 35.4 Å². The maximum Gasteiger partial charge on any atom is 0.407 e. The second-order valence-corrected chi connectivity index (χ2v) is 23.5. The van der Waals surface area contributed by atoms with Crippen LogP contribution in [0.5, 0.6) is 11.8 Å². The Balaban J connectivity index is 0.000000211. The average Bonchev–Trinajstić information content (AvgIpc) is 1.93. The molecule has 2 fully saturated rings. The van der Waals surface area contributed by atoms with E-state index in [-0.39, 0.29) is 73.3 Å². The fraction of sp³-hybridized carbons (Fsp3) is 0.444. The maximum absolute atomic E-state index is 13.2. The normalized spacial score (nSPS) is 18.7. The van der Waals surface area contributed by atoms with Crippen molar-refractivity contribution in [1.82, 2.24) is 51.8 Å². The van der Waals surface area contributed by atoms with E-state index in [1.807, 2.05) is 90.1 Å². The molecule has 0 unspecified atom stereocenters. The first kappa shape index (κ1) is 58.3. The van der Waals surface area contributed by atoms with Crippen LogP contribution in [0.4, 0.5) is 4.79 Å². The lowest BCUT2D eigenvalue weighted by atomic mass is 9.87. The van der Waals surface area contributed by atoms with Gasteiger partial charge in [0.25, 0.3) is 5.91 Å². The Kier molecular flexibility index (Phi) is 19.5. The molecule has 4 aromatic heterocycles. The molecular formula is C63H76N12O11. The predicted molar refractivity (Wildman–Crippen MR) is 319 cm³/mol. The molecule has 2 saturated heterocycles. The van der Waals surface area contributed by atoms with Crippen LogP contribution in [0.25, 0.3) is 32.9 Å². The topological polar surface area (TPSA) is 345 Å². The number of methoxy groups -OCH3 is 2. The van der Waals surface area contributed by atoms with E-state index in [2.05, 4.69) is 64.0 Å². The fourth-order valence-corrected chi connectivity index (χ4v) is 10.4. The number of carboxylic acid groups (broad SMARTS) is 1. The van der Waals surface area contributed by atoms with Gasteiger partial charge < -0.3 is 61.2 Å². The smallest absolute Gasteiger partial charge is 0.407 e. The number of piperidine rings is 2. The van der Waals surface area contributed by atoms with Crippen molar-refractivity contribution in [2.24, 2.45) is 22.7 Å². The van der Waals surface area contributed by atoms with E-state index in [9.17, 15) is 44.1 Å². The zero-order valence-electron chi connectivity index (χ0n) is 53.3. The third kappa shape index (κ3) is 17.1. The molecule has 23 heteroatoms. The lowest BCUT2D eigenvalue weighted by Gasteiger charge is -2.28. The number of nitrogens with one attached hydrogen (secondary N) is 8. The van der Waals surface area contributed by atoms with Crippen LogP contribution in [-0.4, -0.2) is 125 Å². The number of pyridine rings is 2. The first-order valence-electron chi connectivity index (χ1n) is 30.1. The molecule has 6 atom stereocenters. The van der Waals surface area contributed by atoms with Crippen molar-refractivity contribution in [3.8, 4) is 35.0 Å². The summed E-state index contributed by atoms with van der Waals surface area (Å²) in [6.45, 7) is 8.17. The van der Waals surface area contributed by atoms with Crippen LogP contribution in [0, 0.1) is 45.3 Å². The van der Waals surface area contributed by atoms with Crippen LogP contribution in [0.2, 0.25) is 0 Å². The van der Waals surface area contributed by atoms with Crippen molar-refractivity contribution in [1.29, 1.82) is 10.5 Å². The summed E-state index contributed by atoms with van der Waals surface area (Å²) in [6.07, 6.45) is 3.89. The van der Waals surface area contributed by atoms with Crippen LogP contribution in [0.1, 0.15) is 136 Å². The lowest BCUT2D eigenvalue weighted by Crippen LogP contribution is -2.51. The number of aromatic carboxylic acids is 1. The predicted octanol–water partition coefficient (Wildman–Crippen LogP) is 7.56. The zero-order chi connectivity index (χ0) is 65.9. The van der Waals surface area contributed by atoms with Gasteiger partial charge in [0, 0.05) is 48.6 Å². The number of aromatic nitrogens is 4. The summed E-state index contributed by atoms with van der Waals surface area (Å²) < 4.78 is 46.6. The van der Waals surface area contributed by atoms with Crippen LogP contribution in [0.15, 0.2) is 85.2 Å². The highest BCUT2D eigenvalue weighted by Gasteiger charge is 2.35. The third-order valence-corrected chi connectivity index (χ3v) is 14.5. The molecule has 23 nitrogen and oxygen atoms in total. The molecule has 0 radical (unpaired) electrons. The molecule has 2 aromatic carbocycles. The summed E-state index contributed by atoms with van der Waals surface area (Å²) in [6, 6.07) is 22.7. The number of amides is 6. The highest BCUT2D eigenvalue weighted by molar-refractivity contribution is 6.01. The minimum atomic E-state index is -1.77. The molecule has 0 saturated carbocycles. The molecule has 0 bridgehead atoms. The molecule has 9 rings (SSSR count). The number of carbonyl (C=O) groups excluding carboxylic acids is 6. The zero-order valence-corrected chi connectivity index (χ0v) is 49.3. The van der Waals surface area contributed by atoms with E-state index >= 15 is 0 Å². The Hall–Kier alpha value is -9.51. The van der Waals surface area contributed by atoms with Gasteiger partial charge >= 0.3 is 12.1 Å². The number of carbonyl (C=O) groups is 7. The number of alkyl carbamates (subject to hydrolysis) is 1. The highest BCUT2D eigenvalue weighted by Crippen LogP contribution is 2.44. The first-order chi connectivity index (χ1) is 42.4. The summed E-state index contributed by atoms with van der Waals surface area (Å²) >= 11 is 0. The van der Waals surface area contributed by atoms with Crippen molar-refractivity contribution in [3.63, 3.8) is 0 Å². The molecule has 9 N–H and O–H groups in total. The molecule has 86 heavy (non-hydrogen) atoms. The number of hydrogen-bond donors (Lipinski definition) is 9. The standard InChI is InChI=1S/C30H36N4O4.C24H32N6O4.C9H8N2O3/c1-30(2,3)16-26(28(36)33-20(17-31)15-19-9-8-14-32-27(19)35)34-29(37)38-18-25-23-12-6-4-10-21(23)22-11-5-7-13-24(22)25;1-24(2,3)12-19(22(33)28-15(13-25)10-14-6-5-8-26-20(14)31)30-21(32)18-11-16-17(29-18)7-9-27-23(16)34-4;1-14-8-5-4-7(9(12)13)11-6(5)2-3-10-8/h4-7,10-13,19-20,25-26H,8-9,14-16,18H2,1-3H3,(H,32,35)(H,33,36)(H,34,37);7,9,11,14-15,19,29H,5-6,8,10,12H2,1-4H3,(H,26,31)(H,28,33)(H,30,32);2-4,11H,1H3,(H,12,13)/t19-,20-,26-;14-,15-,19-;/m00./s1/i14D2;8D2;. The van der Waals surface area contributed by atoms with Crippen LogP contribution < -0.4 is 41.4 Å². The quantitative estimate of drug-likeness (QED) is 0.0401. The second kappa shape index (κ2) is 28.9. The molecule has 3 aliphatic rings. The Morgan fingerprint density at radius 3 is 1.55 bits per heavy atom. The molecule has 2 aliphatic heterocycles. The van der Waals surface area contributed by atoms with Crippen LogP contribution in [-0.2, 0) is 23.9 Å². The van der Waals surface area contributed by atoms with Crippen molar-refractivity contribution in [2.45, 2.75) is 123 Å². The highest BCUT2D eigenvalue weighted by atomic mass is 16.5. The average molecular weight is 1180 g/mol. The Morgan fingerprint density at radius 2 is 1.12 bits per heavy atom. The van der Waals surface area contributed by atoms with E-state index in [1.165, 1.54) is 20.3 Å². The fourth-order valence-electron chi connectivity index (χ4n) is 10.4. The molecule has 6 amide bonds. The van der Waals surface area contributed by atoms with Gasteiger partial charge in [0.05, 0.1) is 48.2 Å². The molecule has 454 valence electrons. The van der Waals surface area contributed by atoms with Crippen molar-refractivity contribution >= 4 is 63.4 Å². The van der Waals surface area contributed by atoms with Crippen molar-refractivity contribution in [2.75, 3.05) is 33.8 Å². The van der Waals surface area contributed by atoms with E-state index in [4.69, 9.17) is 24.8 Å². The number of ether oxygens (including phenoxy) is 3. The lowest BCUT2D eigenvalue weighted by molar-refractivity contribution is -0.128. The number of hydrogen-bond acceptors (Lipinski definition) is 14. The molecular weight excluding hydrogens is 1100 g/mol. The van der Waals surface area contributed by atoms with Gasteiger partial charge in [-0.2, -0.15) is 10.5 Å². The minimum Gasteiger partial charge on any atom is -0.481 e. The van der Waals surface area contributed by atoms with Crippen LogP contribution >= 0.6 is 0 Å².